The zero-order chi connectivity index (χ0) is 22.3. The first-order valence-corrected chi connectivity index (χ1v) is 12.5. The van der Waals surface area contributed by atoms with E-state index >= 15 is 0 Å². The van der Waals surface area contributed by atoms with Gasteiger partial charge in [0, 0.05) is 5.92 Å². The van der Waals surface area contributed by atoms with Gasteiger partial charge >= 0.3 is 0 Å². The predicted molar refractivity (Wildman–Crippen MR) is 134 cm³/mol. The highest BCUT2D eigenvalue weighted by molar-refractivity contribution is 5.84. The second-order valence-electron chi connectivity index (χ2n) is 10.1. The first kappa shape index (κ1) is 21.5. The third kappa shape index (κ3) is 3.10. The number of hydrogen-bond acceptors (Lipinski definition) is 2. The average Bonchev–Trinajstić information content (AvgIpc) is 3.27. The maximum absolute atomic E-state index is 6.25. The third-order valence-electron chi connectivity index (χ3n) is 8.19. The summed E-state index contributed by atoms with van der Waals surface area (Å²) < 4.78 is 6.25. The van der Waals surface area contributed by atoms with Crippen molar-refractivity contribution < 1.29 is 4.74 Å². The predicted octanol–water partition coefficient (Wildman–Crippen LogP) is 7.11. The van der Waals surface area contributed by atoms with Gasteiger partial charge in [0.1, 0.15) is 5.76 Å². The van der Waals surface area contributed by atoms with Gasteiger partial charge in [0.2, 0.25) is 0 Å². The maximum Gasteiger partial charge on any atom is 0.104 e. The fraction of sp³-hybridized carbons (Fsp3) is 0.467. The zero-order valence-electron chi connectivity index (χ0n) is 20.2. The minimum atomic E-state index is -0.0613. The van der Waals surface area contributed by atoms with Gasteiger partial charge in [-0.05, 0) is 74.2 Å². The van der Waals surface area contributed by atoms with E-state index in [1.54, 1.807) is 0 Å². The molecule has 32 heavy (non-hydrogen) atoms. The quantitative estimate of drug-likeness (QED) is 0.467. The monoisotopic (exact) mass is 427 g/mol. The van der Waals surface area contributed by atoms with Crippen molar-refractivity contribution in [2.75, 3.05) is 20.7 Å². The van der Waals surface area contributed by atoms with Crippen molar-refractivity contribution in [1.82, 2.24) is 4.90 Å². The molecular formula is C30H37NO. The highest BCUT2D eigenvalue weighted by Gasteiger charge is 2.65. The Morgan fingerprint density at radius 3 is 2.16 bits per heavy atom. The van der Waals surface area contributed by atoms with Crippen LogP contribution in [-0.4, -0.2) is 31.1 Å². The van der Waals surface area contributed by atoms with Gasteiger partial charge in [0.25, 0.3) is 0 Å². The summed E-state index contributed by atoms with van der Waals surface area (Å²) in [5.74, 6) is 1.81. The molecule has 3 aliphatic rings. The lowest BCUT2D eigenvalue weighted by Gasteiger charge is -2.43. The summed E-state index contributed by atoms with van der Waals surface area (Å²) in [6.07, 6.45) is 12.5. The van der Waals surface area contributed by atoms with Crippen LogP contribution in [0.2, 0.25) is 0 Å². The van der Waals surface area contributed by atoms with Crippen LogP contribution in [0.5, 0.6) is 0 Å². The molecule has 2 bridgehead atoms. The summed E-state index contributed by atoms with van der Waals surface area (Å²) in [7, 11) is 4.49. The summed E-state index contributed by atoms with van der Waals surface area (Å²) in [4.78, 5) is 2.45. The highest BCUT2D eigenvalue weighted by atomic mass is 16.5. The van der Waals surface area contributed by atoms with E-state index in [0.717, 1.165) is 13.0 Å². The van der Waals surface area contributed by atoms with Gasteiger partial charge in [0.15, 0.2) is 0 Å². The van der Waals surface area contributed by atoms with Crippen LogP contribution in [-0.2, 0) is 11.2 Å². The van der Waals surface area contributed by atoms with Crippen LogP contribution in [0.25, 0.3) is 16.7 Å². The van der Waals surface area contributed by atoms with Crippen molar-refractivity contribution >= 4 is 5.57 Å². The smallest absolute Gasteiger partial charge is 0.104 e. The topological polar surface area (TPSA) is 12.5 Å². The molecule has 0 N–H and O–H groups in total. The standard InChI is InChI=1S/C30H37NO/c1-5-9-22-11-13-23(14-12-22)24-15-17-25(18-16-24)26-20-29-19-8-7-10-27(29)30(26,31(3)4)21-28(29)32-6-2/h11-18,20-21,27H,5-10,19H2,1-4H3/t27-,29-,30-/m0/s1. The Morgan fingerprint density at radius 1 is 0.875 bits per heavy atom. The van der Waals surface area contributed by atoms with E-state index in [1.807, 2.05) is 0 Å². The number of aryl methyl sites for hydroxylation is 1. The molecule has 2 aromatic rings. The zero-order valence-corrected chi connectivity index (χ0v) is 20.2. The molecule has 1 saturated carbocycles. The van der Waals surface area contributed by atoms with Gasteiger partial charge in [0.05, 0.1) is 17.6 Å². The lowest BCUT2D eigenvalue weighted by molar-refractivity contribution is 0.0759. The summed E-state index contributed by atoms with van der Waals surface area (Å²) >= 11 is 0. The molecule has 0 heterocycles. The molecule has 2 nitrogen and oxygen atoms in total. The van der Waals surface area contributed by atoms with Gasteiger partial charge in [-0.15, -0.1) is 0 Å². The molecule has 3 aliphatic carbocycles. The van der Waals surface area contributed by atoms with Crippen LogP contribution in [0, 0.1) is 11.3 Å². The average molecular weight is 428 g/mol. The molecule has 0 spiro atoms. The lowest BCUT2D eigenvalue weighted by Crippen LogP contribution is -2.48. The van der Waals surface area contributed by atoms with Crippen LogP contribution in [0.4, 0.5) is 0 Å². The summed E-state index contributed by atoms with van der Waals surface area (Å²) in [5.41, 5.74) is 6.86. The number of rotatable bonds is 7. The number of hydrogen-bond donors (Lipinski definition) is 0. The Morgan fingerprint density at radius 2 is 1.53 bits per heavy atom. The molecule has 5 rings (SSSR count). The van der Waals surface area contributed by atoms with Crippen molar-refractivity contribution in [3.05, 3.63) is 77.6 Å². The van der Waals surface area contributed by atoms with Crippen molar-refractivity contribution in [3.8, 4) is 11.1 Å². The number of likely N-dealkylation sites (N-methyl/N-ethyl adjacent to an activating group) is 1. The number of ether oxygens (including phenoxy) is 1. The van der Waals surface area contributed by atoms with Crippen molar-refractivity contribution in [1.29, 1.82) is 0 Å². The molecule has 0 unspecified atom stereocenters. The van der Waals surface area contributed by atoms with Gasteiger partial charge < -0.3 is 4.74 Å². The van der Waals surface area contributed by atoms with E-state index in [9.17, 15) is 0 Å². The van der Waals surface area contributed by atoms with Crippen molar-refractivity contribution in [2.45, 2.75) is 57.9 Å². The Kier molecular flexibility index (Phi) is 5.53. The minimum absolute atomic E-state index is 0.0613. The fourth-order valence-electron chi connectivity index (χ4n) is 6.75. The molecule has 0 aromatic heterocycles. The van der Waals surface area contributed by atoms with Crippen molar-refractivity contribution in [2.24, 2.45) is 11.3 Å². The van der Waals surface area contributed by atoms with Gasteiger partial charge in [-0.3, -0.25) is 4.90 Å². The number of nitrogens with zero attached hydrogens (tertiary/aromatic N) is 1. The maximum atomic E-state index is 6.25. The molecular weight excluding hydrogens is 390 g/mol. The second-order valence-corrected chi connectivity index (χ2v) is 10.1. The van der Waals surface area contributed by atoms with E-state index < -0.39 is 0 Å². The minimum Gasteiger partial charge on any atom is -0.498 e. The Balaban J connectivity index is 1.51. The summed E-state index contributed by atoms with van der Waals surface area (Å²) in [6, 6.07) is 18.4. The van der Waals surface area contributed by atoms with Crippen LogP contribution in [0.1, 0.15) is 57.1 Å². The third-order valence-corrected chi connectivity index (χ3v) is 8.19. The van der Waals surface area contributed by atoms with E-state index in [0.29, 0.717) is 5.92 Å². The molecule has 0 aliphatic heterocycles. The van der Waals surface area contributed by atoms with Gasteiger partial charge in [-0.1, -0.05) is 80.8 Å². The van der Waals surface area contributed by atoms with E-state index in [4.69, 9.17) is 4.74 Å². The molecule has 2 aromatic carbocycles. The molecule has 0 saturated heterocycles. The summed E-state index contributed by atoms with van der Waals surface area (Å²) in [5, 5.41) is 0. The van der Waals surface area contributed by atoms with Gasteiger partial charge in [-0.25, -0.2) is 0 Å². The molecule has 2 heteroatoms. The van der Waals surface area contributed by atoms with E-state index in [2.05, 4.69) is 93.5 Å². The second kappa shape index (κ2) is 8.23. The normalized spacial score (nSPS) is 28.5. The Bertz CT molecular complexity index is 1030. The molecule has 3 atom stereocenters. The molecule has 168 valence electrons. The number of allylic oxidation sites excluding steroid dienone is 1. The van der Waals surface area contributed by atoms with Gasteiger partial charge in [-0.2, -0.15) is 0 Å². The molecule has 0 radical (unpaired) electrons. The lowest BCUT2D eigenvalue weighted by atomic mass is 9.67. The molecule has 0 amide bonds. The SMILES string of the molecule is CCCc1ccc(-c2ccc(C3=C[C@@]45CCCC[C@@H]4[C@]3(N(C)C)C=C5OCC)cc2)cc1. The van der Waals surface area contributed by atoms with E-state index in [-0.39, 0.29) is 11.0 Å². The highest BCUT2D eigenvalue weighted by Crippen LogP contribution is 2.67. The molecule has 1 fully saturated rings. The van der Waals surface area contributed by atoms with E-state index in [1.165, 1.54) is 65.7 Å². The van der Waals surface area contributed by atoms with Crippen LogP contribution in [0.3, 0.4) is 0 Å². The Labute approximate surface area is 194 Å². The van der Waals surface area contributed by atoms with Crippen LogP contribution in [0.15, 0.2) is 66.4 Å². The van der Waals surface area contributed by atoms with Crippen molar-refractivity contribution in [3.63, 3.8) is 0 Å². The fourth-order valence-corrected chi connectivity index (χ4v) is 6.75. The largest absolute Gasteiger partial charge is 0.498 e. The van der Waals surface area contributed by atoms with Crippen LogP contribution >= 0.6 is 0 Å². The number of benzene rings is 2. The Hall–Kier alpha value is -2.32. The van der Waals surface area contributed by atoms with Crippen LogP contribution < -0.4 is 0 Å². The summed E-state index contributed by atoms with van der Waals surface area (Å²) in [6.45, 7) is 5.10. The first-order valence-electron chi connectivity index (χ1n) is 12.5. The first-order chi connectivity index (χ1) is 15.5.